The predicted molar refractivity (Wildman–Crippen MR) is 197 cm³/mol. The van der Waals surface area contributed by atoms with Crippen LogP contribution in [0.25, 0.3) is 0 Å². The lowest BCUT2D eigenvalue weighted by Crippen LogP contribution is -2.47. The molecule has 5 nitrogen and oxygen atoms in total. The third kappa shape index (κ3) is 33.3. The molecular weight excluding hydrogens is 554 g/mol. The Bertz CT molecular complexity index is 731. The molecule has 262 valence electrons. The summed E-state index contributed by atoms with van der Waals surface area (Å²) in [5, 5.41) is 5.94. The van der Waals surface area contributed by atoms with Gasteiger partial charge < -0.3 is 16.4 Å². The van der Waals surface area contributed by atoms with Crippen LogP contribution in [0.3, 0.4) is 0 Å². The fraction of sp³-hybridized carbons (Fsp3) is 0.800. The van der Waals surface area contributed by atoms with Gasteiger partial charge in [0, 0.05) is 13.0 Å². The maximum atomic E-state index is 12.6. The third-order valence-electron chi connectivity index (χ3n) is 8.45. The van der Waals surface area contributed by atoms with Gasteiger partial charge in [0.1, 0.15) is 6.04 Å². The number of amides is 2. The van der Waals surface area contributed by atoms with Crippen LogP contribution in [0.15, 0.2) is 36.5 Å². The Morgan fingerprint density at radius 3 is 1.51 bits per heavy atom. The second-order valence-electron chi connectivity index (χ2n) is 12.9. The van der Waals surface area contributed by atoms with Gasteiger partial charge in [0.2, 0.25) is 11.8 Å². The van der Waals surface area contributed by atoms with Crippen LogP contribution in [0.5, 0.6) is 0 Å². The van der Waals surface area contributed by atoms with Gasteiger partial charge in [-0.15, -0.1) is 0 Å². The van der Waals surface area contributed by atoms with Crippen molar-refractivity contribution in [2.75, 3.05) is 13.1 Å². The first-order valence-corrected chi connectivity index (χ1v) is 19.4. The van der Waals surface area contributed by atoms with Gasteiger partial charge in [-0.05, 0) is 83.6 Å². The molecule has 0 bridgehead atoms. The van der Waals surface area contributed by atoms with Crippen molar-refractivity contribution >= 4 is 11.8 Å². The molecule has 1 unspecified atom stereocenters. The van der Waals surface area contributed by atoms with E-state index in [4.69, 9.17) is 5.73 Å². The van der Waals surface area contributed by atoms with Gasteiger partial charge in [-0.3, -0.25) is 9.59 Å². The standard InChI is InChI=1S/C40H75N3O2/c1-3-5-7-9-11-13-15-17-19-21-23-25-27-29-31-33-37-42-40(45)38(35-36-41)43-39(44)34-32-30-28-26-24-22-20-18-16-14-12-10-8-6-4-2/h12,14,17-20,38H,3-11,13,15-16,21-37,41H2,1-2H3,(H,42,45)(H,43,44)/b14-12-,19-17-,20-18-. The normalized spacial score (nSPS) is 12.5. The molecule has 5 heteroatoms. The number of nitrogens with one attached hydrogen (secondary N) is 2. The van der Waals surface area contributed by atoms with E-state index in [0.717, 1.165) is 44.9 Å². The molecule has 0 heterocycles. The number of hydrogen-bond acceptors (Lipinski definition) is 3. The van der Waals surface area contributed by atoms with Gasteiger partial charge >= 0.3 is 0 Å². The van der Waals surface area contributed by atoms with Gasteiger partial charge in [-0.2, -0.15) is 0 Å². The summed E-state index contributed by atoms with van der Waals surface area (Å²) in [6, 6.07) is -0.519. The van der Waals surface area contributed by atoms with Crippen LogP contribution in [-0.4, -0.2) is 30.9 Å². The van der Waals surface area contributed by atoms with Crippen LogP contribution in [0, 0.1) is 0 Å². The second kappa shape index (κ2) is 36.6. The van der Waals surface area contributed by atoms with Gasteiger partial charge in [0.05, 0.1) is 0 Å². The third-order valence-corrected chi connectivity index (χ3v) is 8.45. The molecule has 0 radical (unpaired) electrons. The Morgan fingerprint density at radius 1 is 0.556 bits per heavy atom. The highest BCUT2D eigenvalue weighted by molar-refractivity contribution is 5.87. The number of allylic oxidation sites excluding steroid dienone is 6. The molecule has 0 aromatic heterocycles. The minimum absolute atomic E-state index is 0.0356. The van der Waals surface area contributed by atoms with E-state index in [9.17, 15) is 9.59 Å². The lowest BCUT2D eigenvalue weighted by atomic mass is 10.1. The lowest BCUT2D eigenvalue weighted by Gasteiger charge is -2.18. The first kappa shape index (κ1) is 43.1. The summed E-state index contributed by atoms with van der Waals surface area (Å²) in [5.74, 6) is -0.131. The highest BCUT2D eigenvalue weighted by Gasteiger charge is 2.19. The van der Waals surface area contributed by atoms with Crippen molar-refractivity contribution in [3.05, 3.63) is 36.5 Å². The van der Waals surface area contributed by atoms with Crippen LogP contribution in [0.2, 0.25) is 0 Å². The molecule has 0 aliphatic rings. The Morgan fingerprint density at radius 2 is 0.978 bits per heavy atom. The van der Waals surface area contributed by atoms with E-state index >= 15 is 0 Å². The van der Waals surface area contributed by atoms with Crippen LogP contribution in [-0.2, 0) is 9.59 Å². The SMILES string of the molecule is CCCCC/C=C\C/C=C\CCCCCCCC(=O)NC(CCN)C(=O)NCCCCCCCC/C=C\CCCCCCCC. The monoisotopic (exact) mass is 630 g/mol. The number of unbranched alkanes of at least 4 members (excludes halogenated alkanes) is 20. The fourth-order valence-electron chi connectivity index (χ4n) is 5.51. The molecule has 0 aromatic carbocycles. The molecule has 1 atom stereocenters. The van der Waals surface area contributed by atoms with E-state index < -0.39 is 6.04 Å². The zero-order valence-corrected chi connectivity index (χ0v) is 29.9. The summed E-state index contributed by atoms with van der Waals surface area (Å²) in [6.45, 7) is 5.57. The minimum atomic E-state index is -0.519. The van der Waals surface area contributed by atoms with Crippen molar-refractivity contribution in [2.45, 2.75) is 193 Å². The Balaban J connectivity index is 3.72. The maximum absolute atomic E-state index is 12.6. The Kier molecular flexibility index (Phi) is 35.1. The van der Waals surface area contributed by atoms with Gasteiger partial charge in [-0.1, -0.05) is 140 Å². The van der Waals surface area contributed by atoms with Crippen molar-refractivity contribution in [2.24, 2.45) is 5.73 Å². The minimum Gasteiger partial charge on any atom is -0.354 e. The molecule has 0 aliphatic carbocycles. The van der Waals surface area contributed by atoms with Crippen LogP contribution < -0.4 is 16.4 Å². The Hall–Kier alpha value is -1.88. The molecule has 0 rings (SSSR count). The molecule has 0 saturated heterocycles. The second-order valence-corrected chi connectivity index (χ2v) is 12.9. The summed E-state index contributed by atoms with van der Waals surface area (Å²) >= 11 is 0. The molecule has 0 aromatic rings. The van der Waals surface area contributed by atoms with Crippen LogP contribution in [0.1, 0.15) is 187 Å². The summed E-state index contributed by atoms with van der Waals surface area (Å²) in [6.07, 6.45) is 45.5. The molecular formula is C40H75N3O2. The van der Waals surface area contributed by atoms with Crippen molar-refractivity contribution in [1.29, 1.82) is 0 Å². The van der Waals surface area contributed by atoms with Crippen molar-refractivity contribution in [3.63, 3.8) is 0 Å². The molecule has 0 spiro atoms. The first-order chi connectivity index (χ1) is 22.2. The molecule has 0 fully saturated rings. The van der Waals surface area contributed by atoms with E-state index in [1.807, 2.05) is 0 Å². The van der Waals surface area contributed by atoms with Crippen molar-refractivity contribution in [1.82, 2.24) is 10.6 Å². The van der Waals surface area contributed by atoms with Crippen molar-refractivity contribution in [3.8, 4) is 0 Å². The van der Waals surface area contributed by atoms with Crippen LogP contribution >= 0.6 is 0 Å². The molecule has 45 heavy (non-hydrogen) atoms. The number of carbonyl (C=O) groups is 2. The fourth-order valence-corrected chi connectivity index (χ4v) is 5.51. The summed E-state index contributed by atoms with van der Waals surface area (Å²) in [7, 11) is 0. The van der Waals surface area contributed by atoms with Crippen molar-refractivity contribution < 1.29 is 9.59 Å². The molecule has 0 saturated carbocycles. The maximum Gasteiger partial charge on any atom is 0.242 e. The largest absolute Gasteiger partial charge is 0.354 e. The molecule has 0 aliphatic heterocycles. The number of rotatable bonds is 34. The zero-order chi connectivity index (χ0) is 32.9. The summed E-state index contributed by atoms with van der Waals surface area (Å²) in [4.78, 5) is 25.1. The molecule has 2 amide bonds. The highest BCUT2D eigenvalue weighted by Crippen LogP contribution is 2.11. The zero-order valence-electron chi connectivity index (χ0n) is 29.9. The Labute approximate surface area is 280 Å². The average molecular weight is 630 g/mol. The van der Waals surface area contributed by atoms with Gasteiger partial charge in [-0.25, -0.2) is 0 Å². The highest BCUT2D eigenvalue weighted by atomic mass is 16.2. The number of nitrogens with two attached hydrogens (primary N) is 1. The smallest absolute Gasteiger partial charge is 0.242 e. The quantitative estimate of drug-likeness (QED) is 0.0489. The first-order valence-electron chi connectivity index (χ1n) is 19.4. The summed E-state index contributed by atoms with van der Waals surface area (Å²) < 4.78 is 0. The predicted octanol–water partition coefficient (Wildman–Crippen LogP) is 10.8. The van der Waals surface area contributed by atoms with E-state index in [2.05, 4.69) is 60.9 Å². The summed E-state index contributed by atoms with van der Waals surface area (Å²) in [5.41, 5.74) is 5.73. The average Bonchev–Trinajstić information content (AvgIpc) is 3.04. The van der Waals surface area contributed by atoms with E-state index in [0.29, 0.717) is 25.9 Å². The lowest BCUT2D eigenvalue weighted by molar-refractivity contribution is -0.129. The van der Waals surface area contributed by atoms with E-state index in [-0.39, 0.29) is 11.8 Å². The topological polar surface area (TPSA) is 84.2 Å². The number of hydrogen-bond donors (Lipinski definition) is 3. The van der Waals surface area contributed by atoms with E-state index in [1.54, 1.807) is 0 Å². The molecule has 4 N–H and O–H groups in total. The van der Waals surface area contributed by atoms with Gasteiger partial charge in [0.15, 0.2) is 0 Å². The van der Waals surface area contributed by atoms with E-state index in [1.165, 1.54) is 116 Å². The van der Waals surface area contributed by atoms with Gasteiger partial charge in [0.25, 0.3) is 0 Å². The number of carbonyl (C=O) groups excluding carboxylic acids is 2. The van der Waals surface area contributed by atoms with Crippen LogP contribution in [0.4, 0.5) is 0 Å².